The Hall–Kier alpha value is -2.22. The normalized spacial score (nSPS) is 11.8. The van der Waals surface area contributed by atoms with Gasteiger partial charge in [0.25, 0.3) is 0 Å². The fourth-order valence-electron chi connectivity index (χ4n) is 2.70. The second-order valence-corrected chi connectivity index (χ2v) is 9.07. The Labute approximate surface area is 190 Å². The van der Waals surface area contributed by atoms with E-state index in [4.69, 9.17) is 11.6 Å². The summed E-state index contributed by atoms with van der Waals surface area (Å²) in [5, 5.41) is 12.7. The summed E-state index contributed by atoms with van der Waals surface area (Å²) in [5.41, 5.74) is 0.718. The molecule has 3 aromatic rings. The highest BCUT2D eigenvalue weighted by Crippen LogP contribution is 2.28. The fraction of sp³-hybridized carbons (Fsp3) is 0.227. The van der Waals surface area contributed by atoms with E-state index in [0.29, 0.717) is 23.7 Å². The van der Waals surface area contributed by atoms with Crippen molar-refractivity contribution in [1.82, 2.24) is 14.8 Å². The highest BCUT2D eigenvalue weighted by Gasteiger charge is 2.22. The zero-order valence-corrected chi connectivity index (χ0v) is 19.0. The molecule has 3 rings (SSSR count). The number of halogens is 1. The van der Waals surface area contributed by atoms with Gasteiger partial charge >= 0.3 is 0 Å². The maximum absolute atomic E-state index is 12.8. The molecule has 5 nitrogen and oxygen atoms in total. The lowest BCUT2D eigenvalue weighted by molar-refractivity contribution is -0.115. The zero-order chi connectivity index (χ0) is 21.3. The summed E-state index contributed by atoms with van der Waals surface area (Å²) >= 11 is 9.04. The Balaban J connectivity index is 1.70. The van der Waals surface area contributed by atoms with Crippen LogP contribution in [0.4, 0.5) is 5.69 Å². The van der Waals surface area contributed by atoms with Crippen LogP contribution < -0.4 is 5.32 Å². The van der Waals surface area contributed by atoms with Crippen molar-refractivity contribution in [2.75, 3.05) is 5.32 Å². The van der Waals surface area contributed by atoms with E-state index in [1.165, 1.54) is 16.7 Å². The molecule has 0 saturated carbocycles. The second kappa shape index (κ2) is 11.2. The number of aromatic nitrogens is 3. The standard InChI is InChI=1S/C22H23ClN4OS2/c1-3-14-27-20(15-29-18-8-6-5-7-9-18)25-26-22(27)30-19(4-2)21(28)24-17-12-10-16(23)11-13-17/h3,5-13,19H,1,4,14-15H2,2H3,(H,24,28). The average Bonchev–Trinajstić information content (AvgIpc) is 3.14. The minimum atomic E-state index is -0.289. The summed E-state index contributed by atoms with van der Waals surface area (Å²) in [6.07, 6.45) is 2.48. The van der Waals surface area contributed by atoms with Gasteiger partial charge in [0.1, 0.15) is 5.82 Å². The number of nitrogens with zero attached hydrogens (tertiary/aromatic N) is 3. The number of carbonyl (C=O) groups is 1. The summed E-state index contributed by atoms with van der Waals surface area (Å²) in [6, 6.07) is 17.3. The van der Waals surface area contributed by atoms with Crippen molar-refractivity contribution < 1.29 is 4.79 Å². The van der Waals surface area contributed by atoms with Crippen LogP contribution in [0.5, 0.6) is 0 Å². The van der Waals surface area contributed by atoms with Gasteiger partial charge in [0, 0.05) is 22.2 Å². The monoisotopic (exact) mass is 458 g/mol. The first-order valence-electron chi connectivity index (χ1n) is 9.54. The Kier molecular flexibility index (Phi) is 8.42. The van der Waals surface area contributed by atoms with Crippen LogP contribution in [0.1, 0.15) is 19.2 Å². The Morgan fingerprint density at radius 3 is 2.60 bits per heavy atom. The number of hydrogen-bond acceptors (Lipinski definition) is 5. The molecule has 1 amide bonds. The van der Waals surface area contributed by atoms with E-state index >= 15 is 0 Å². The van der Waals surface area contributed by atoms with Crippen molar-refractivity contribution in [3.05, 3.63) is 78.1 Å². The summed E-state index contributed by atoms with van der Waals surface area (Å²) < 4.78 is 2.02. The van der Waals surface area contributed by atoms with Gasteiger partial charge in [-0.2, -0.15) is 0 Å². The number of amides is 1. The third-order valence-corrected chi connectivity index (χ3v) is 6.84. The molecular weight excluding hydrogens is 436 g/mol. The van der Waals surface area contributed by atoms with Crippen LogP contribution in [0.25, 0.3) is 0 Å². The fourth-order valence-corrected chi connectivity index (χ4v) is 4.66. The van der Waals surface area contributed by atoms with Gasteiger partial charge < -0.3 is 9.88 Å². The highest BCUT2D eigenvalue weighted by molar-refractivity contribution is 8.00. The molecule has 0 aliphatic rings. The first-order chi connectivity index (χ1) is 14.6. The molecule has 0 saturated heterocycles. The third-order valence-electron chi connectivity index (χ3n) is 4.24. The average molecular weight is 459 g/mol. The molecule has 2 aromatic carbocycles. The molecule has 1 N–H and O–H groups in total. The molecule has 1 atom stereocenters. The number of benzene rings is 2. The van der Waals surface area contributed by atoms with Crippen molar-refractivity contribution in [3.63, 3.8) is 0 Å². The first-order valence-corrected chi connectivity index (χ1v) is 11.8. The van der Waals surface area contributed by atoms with Crippen LogP contribution in [-0.2, 0) is 17.1 Å². The number of anilines is 1. The van der Waals surface area contributed by atoms with Crippen molar-refractivity contribution >= 4 is 46.7 Å². The number of hydrogen-bond donors (Lipinski definition) is 1. The smallest absolute Gasteiger partial charge is 0.237 e. The van der Waals surface area contributed by atoms with E-state index in [1.54, 1.807) is 36.0 Å². The van der Waals surface area contributed by atoms with Crippen LogP contribution in [0.3, 0.4) is 0 Å². The highest BCUT2D eigenvalue weighted by atomic mass is 35.5. The number of allylic oxidation sites excluding steroid dienone is 1. The van der Waals surface area contributed by atoms with Gasteiger partial charge in [0.05, 0.1) is 11.0 Å². The molecule has 0 fully saturated rings. The minimum Gasteiger partial charge on any atom is -0.325 e. The number of carbonyl (C=O) groups excluding carboxylic acids is 1. The van der Waals surface area contributed by atoms with E-state index in [9.17, 15) is 4.79 Å². The van der Waals surface area contributed by atoms with Crippen LogP contribution in [0.2, 0.25) is 5.02 Å². The van der Waals surface area contributed by atoms with Crippen LogP contribution in [0.15, 0.2) is 77.3 Å². The van der Waals surface area contributed by atoms with Gasteiger partial charge in [0.15, 0.2) is 5.16 Å². The molecule has 0 aliphatic carbocycles. The summed E-state index contributed by atoms with van der Waals surface area (Å²) in [6.45, 7) is 6.43. The maximum atomic E-state index is 12.8. The summed E-state index contributed by atoms with van der Waals surface area (Å²) in [7, 11) is 0. The van der Waals surface area contributed by atoms with Crippen LogP contribution in [-0.4, -0.2) is 25.9 Å². The predicted molar refractivity (Wildman–Crippen MR) is 126 cm³/mol. The molecule has 0 aliphatic heterocycles. The van der Waals surface area contributed by atoms with Crippen molar-refractivity contribution in [2.24, 2.45) is 0 Å². The molecule has 1 heterocycles. The molecule has 0 bridgehead atoms. The molecule has 1 aromatic heterocycles. The lowest BCUT2D eigenvalue weighted by atomic mass is 10.3. The van der Waals surface area contributed by atoms with Crippen LogP contribution in [0, 0.1) is 0 Å². The molecule has 156 valence electrons. The Morgan fingerprint density at radius 1 is 1.20 bits per heavy atom. The molecule has 30 heavy (non-hydrogen) atoms. The largest absolute Gasteiger partial charge is 0.325 e. The van der Waals surface area contributed by atoms with E-state index in [0.717, 1.165) is 16.7 Å². The van der Waals surface area contributed by atoms with Crippen molar-refractivity contribution in [3.8, 4) is 0 Å². The molecule has 0 spiro atoms. The minimum absolute atomic E-state index is 0.0711. The molecule has 0 radical (unpaired) electrons. The quantitative estimate of drug-likeness (QED) is 0.302. The van der Waals surface area contributed by atoms with Gasteiger partial charge in [-0.15, -0.1) is 28.5 Å². The Bertz CT molecular complexity index is 977. The zero-order valence-electron chi connectivity index (χ0n) is 16.6. The lowest BCUT2D eigenvalue weighted by Crippen LogP contribution is -2.25. The summed E-state index contributed by atoms with van der Waals surface area (Å²) in [5.74, 6) is 1.48. The van der Waals surface area contributed by atoms with E-state index in [1.807, 2.05) is 35.8 Å². The number of thioether (sulfide) groups is 2. The molecular formula is C22H23ClN4OS2. The lowest BCUT2D eigenvalue weighted by Gasteiger charge is -2.15. The van der Waals surface area contributed by atoms with E-state index in [-0.39, 0.29) is 11.2 Å². The Morgan fingerprint density at radius 2 is 1.93 bits per heavy atom. The SMILES string of the molecule is C=CCn1c(CSc2ccccc2)nnc1SC(CC)C(=O)Nc1ccc(Cl)cc1. The van der Waals surface area contributed by atoms with Gasteiger partial charge in [0.2, 0.25) is 5.91 Å². The van der Waals surface area contributed by atoms with Gasteiger partial charge in [-0.3, -0.25) is 4.79 Å². The number of nitrogens with one attached hydrogen (secondary N) is 1. The number of rotatable bonds is 10. The third kappa shape index (κ3) is 6.14. The molecule has 1 unspecified atom stereocenters. The first kappa shape index (κ1) is 22.5. The predicted octanol–water partition coefficient (Wildman–Crippen LogP) is 5.92. The van der Waals surface area contributed by atoms with E-state index < -0.39 is 0 Å². The summed E-state index contributed by atoms with van der Waals surface area (Å²) in [4.78, 5) is 13.9. The van der Waals surface area contributed by atoms with Gasteiger partial charge in [-0.1, -0.05) is 54.6 Å². The van der Waals surface area contributed by atoms with Crippen LogP contribution >= 0.6 is 35.1 Å². The second-order valence-electron chi connectivity index (χ2n) is 6.41. The van der Waals surface area contributed by atoms with E-state index in [2.05, 4.69) is 34.2 Å². The van der Waals surface area contributed by atoms with Crippen molar-refractivity contribution in [1.29, 1.82) is 0 Å². The maximum Gasteiger partial charge on any atom is 0.237 e. The van der Waals surface area contributed by atoms with Crippen molar-refractivity contribution in [2.45, 2.75) is 40.9 Å². The topological polar surface area (TPSA) is 59.8 Å². The van der Waals surface area contributed by atoms with Gasteiger partial charge in [-0.05, 0) is 42.8 Å². The molecule has 8 heteroatoms. The van der Waals surface area contributed by atoms with Gasteiger partial charge in [-0.25, -0.2) is 0 Å².